The second kappa shape index (κ2) is 8.96. The van der Waals surface area contributed by atoms with Gasteiger partial charge in [0.05, 0.1) is 13.7 Å². The van der Waals surface area contributed by atoms with Crippen LogP contribution in [0, 0.1) is 0 Å². The van der Waals surface area contributed by atoms with Crippen molar-refractivity contribution in [3.63, 3.8) is 0 Å². The van der Waals surface area contributed by atoms with Gasteiger partial charge in [0, 0.05) is 48.8 Å². The molecule has 0 aliphatic carbocycles. The van der Waals surface area contributed by atoms with Gasteiger partial charge in [-0.15, -0.1) is 0 Å². The summed E-state index contributed by atoms with van der Waals surface area (Å²) in [5.41, 5.74) is 1.05. The van der Waals surface area contributed by atoms with Crippen LogP contribution in [0.3, 0.4) is 0 Å². The first-order valence-electron chi connectivity index (χ1n) is 9.63. The highest BCUT2D eigenvalue weighted by Gasteiger charge is 2.37. The van der Waals surface area contributed by atoms with E-state index in [9.17, 15) is 0 Å². The fourth-order valence-electron chi connectivity index (χ4n) is 3.95. The number of rotatable bonds is 5. The summed E-state index contributed by atoms with van der Waals surface area (Å²) in [4.78, 5) is 7.42. The number of methoxy groups -OCH3 is 1. The fourth-order valence-corrected chi connectivity index (χ4v) is 4.12. The molecule has 144 valence electrons. The molecule has 2 fully saturated rings. The van der Waals surface area contributed by atoms with Gasteiger partial charge >= 0.3 is 0 Å². The summed E-state index contributed by atoms with van der Waals surface area (Å²) in [5.74, 6) is 1.91. The molecule has 6 heteroatoms. The number of hydrogen-bond acceptors (Lipinski definition) is 3. The van der Waals surface area contributed by atoms with Crippen LogP contribution in [-0.2, 0) is 10.2 Å². The maximum atomic E-state index is 6.33. The van der Waals surface area contributed by atoms with Gasteiger partial charge in [-0.2, -0.15) is 0 Å². The van der Waals surface area contributed by atoms with E-state index < -0.39 is 0 Å². The molecule has 0 aromatic heterocycles. The van der Waals surface area contributed by atoms with Gasteiger partial charge in [0.1, 0.15) is 5.75 Å². The van der Waals surface area contributed by atoms with Crippen LogP contribution in [0.25, 0.3) is 0 Å². The van der Waals surface area contributed by atoms with Crippen LogP contribution in [0.2, 0.25) is 5.02 Å². The third-order valence-electron chi connectivity index (χ3n) is 5.45. The SMILES string of the molecule is CCNC(=NCC1(c2cc(Cl)ccc2OC)CCOCC1)N1CCCC1. The molecule has 0 saturated carbocycles. The predicted octanol–water partition coefficient (Wildman–Crippen LogP) is 3.46. The standard InChI is InChI=1S/C20H30ClN3O2/c1-3-22-19(24-10-4-5-11-24)23-15-20(8-12-26-13-9-20)17-14-16(21)6-7-18(17)25-2/h6-7,14H,3-5,8-13,15H2,1-2H3,(H,22,23). The average Bonchev–Trinajstić information content (AvgIpc) is 3.20. The lowest BCUT2D eigenvalue weighted by Gasteiger charge is -2.38. The molecule has 1 aromatic carbocycles. The van der Waals surface area contributed by atoms with Crippen molar-refractivity contribution in [2.45, 2.75) is 38.0 Å². The monoisotopic (exact) mass is 379 g/mol. The molecule has 0 radical (unpaired) electrons. The van der Waals surface area contributed by atoms with Gasteiger partial charge in [-0.1, -0.05) is 11.6 Å². The van der Waals surface area contributed by atoms with Crippen molar-refractivity contribution in [3.05, 3.63) is 28.8 Å². The third kappa shape index (κ3) is 4.26. The molecule has 0 bridgehead atoms. The molecule has 0 unspecified atom stereocenters. The first-order valence-corrected chi connectivity index (χ1v) is 10.0. The van der Waals surface area contributed by atoms with E-state index in [-0.39, 0.29) is 5.41 Å². The number of aliphatic imine (C=N–C) groups is 1. The third-order valence-corrected chi connectivity index (χ3v) is 5.69. The quantitative estimate of drug-likeness (QED) is 0.628. The highest BCUT2D eigenvalue weighted by atomic mass is 35.5. The van der Waals surface area contributed by atoms with Gasteiger partial charge in [-0.05, 0) is 50.8 Å². The largest absolute Gasteiger partial charge is 0.496 e. The molecule has 1 N–H and O–H groups in total. The Kier molecular flexibility index (Phi) is 6.65. The number of ether oxygens (including phenoxy) is 2. The summed E-state index contributed by atoms with van der Waals surface area (Å²) in [6.45, 7) is 7.37. The molecule has 2 saturated heterocycles. The van der Waals surface area contributed by atoms with Crippen molar-refractivity contribution in [1.29, 1.82) is 0 Å². The van der Waals surface area contributed by atoms with Gasteiger partial charge in [0.25, 0.3) is 0 Å². The van der Waals surface area contributed by atoms with Crippen molar-refractivity contribution in [2.24, 2.45) is 4.99 Å². The van der Waals surface area contributed by atoms with Crippen molar-refractivity contribution < 1.29 is 9.47 Å². The number of halogens is 1. The van der Waals surface area contributed by atoms with Crippen molar-refractivity contribution >= 4 is 17.6 Å². The zero-order chi connectivity index (χ0) is 18.4. The highest BCUT2D eigenvalue weighted by molar-refractivity contribution is 6.30. The maximum Gasteiger partial charge on any atom is 0.193 e. The lowest BCUT2D eigenvalue weighted by atomic mass is 9.73. The minimum absolute atomic E-state index is 0.102. The summed E-state index contributed by atoms with van der Waals surface area (Å²) in [6.07, 6.45) is 4.33. The Bertz CT molecular complexity index is 623. The Morgan fingerprint density at radius 1 is 1.31 bits per heavy atom. The molecule has 0 atom stereocenters. The minimum atomic E-state index is -0.102. The van der Waals surface area contributed by atoms with Gasteiger partial charge in [-0.25, -0.2) is 0 Å². The van der Waals surface area contributed by atoms with Gasteiger partial charge in [-0.3, -0.25) is 4.99 Å². The second-order valence-corrected chi connectivity index (χ2v) is 7.54. The Hall–Kier alpha value is -1.46. The molecule has 26 heavy (non-hydrogen) atoms. The van der Waals surface area contributed by atoms with Gasteiger partial charge in [0.2, 0.25) is 0 Å². The van der Waals surface area contributed by atoms with E-state index in [0.717, 1.165) is 68.0 Å². The molecule has 3 rings (SSSR count). The second-order valence-electron chi connectivity index (χ2n) is 7.10. The number of likely N-dealkylation sites (tertiary alicyclic amines) is 1. The highest BCUT2D eigenvalue weighted by Crippen LogP contribution is 2.41. The van der Waals surface area contributed by atoms with Crippen molar-refractivity contribution in [2.75, 3.05) is 46.5 Å². The first kappa shape index (κ1) is 19.3. The molecule has 1 aromatic rings. The average molecular weight is 380 g/mol. The van der Waals surface area contributed by atoms with E-state index in [1.165, 1.54) is 12.8 Å². The number of nitrogens with zero attached hydrogens (tertiary/aromatic N) is 2. The van der Waals surface area contributed by atoms with Crippen molar-refractivity contribution in [1.82, 2.24) is 10.2 Å². The summed E-state index contributed by atoms with van der Waals surface area (Å²) >= 11 is 6.33. The topological polar surface area (TPSA) is 46.1 Å². The van der Waals surface area contributed by atoms with Crippen LogP contribution in [0.4, 0.5) is 0 Å². The minimum Gasteiger partial charge on any atom is -0.496 e. The van der Waals surface area contributed by atoms with E-state index in [0.29, 0.717) is 6.54 Å². The number of nitrogens with one attached hydrogen (secondary N) is 1. The van der Waals surface area contributed by atoms with Crippen LogP contribution in [0.15, 0.2) is 23.2 Å². The fraction of sp³-hybridized carbons (Fsp3) is 0.650. The normalized spacial score (nSPS) is 20.3. The van der Waals surface area contributed by atoms with E-state index in [2.05, 4.69) is 17.1 Å². The van der Waals surface area contributed by atoms with Gasteiger partial charge in [0.15, 0.2) is 5.96 Å². The molecule has 0 amide bonds. The Morgan fingerprint density at radius 3 is 2.69 bits per heavy atom. The van der Waals surface area contributed by atoms with Crippen LogP contribution in [0.1, 0.15) is 38.2 Å². The van der Waals surface area contributed by atoms with E-state index in [1.54, 1.807) is 7.11 Å². The van der Waals surface area contributed by atoms with Crippen molar-refractivity contribution in [3.8, 4) is 5.75 Å². The van der Waals surface area contributed by atoms with Crippen LogP contribution >= 0.6 is 11.6 Å². The molecule has 2 heterocycles. The summed E-state index contributed by atoms with van der Waals surface area (Å²) < 4.78 is 11.3. The van der Waals surface area contributed by atoms with Gasteiger partial charge < -0.3 is 19.7 Å². The van der Waals surface area contributed by atoms with E-state index in [4.69, 9.17) is 26.1 Å². The Morgan fingerprint density at radius 2 is 2.04 bits per heavy atom. The summed E-state index contributed by atoms with van der Waals surface area (Å²) in [5, 5.41) is 4.20. The Labute approximate surface area is 161 Å². The molecular formula is C20H30ClN3O2. The predicted molar refractivity (Wildman–Crippen MR) is 107 cm³/mol. The smallest absolute Gasteiger partial charge is 0.193 e. The molecule has 5 nitrogen and oxygen atoms in total. The molecule has 2 aliphatic rings. The lowest BCUT2D eigenvalue weighted by Crippen LogP contribution is -2.42. The number of benzene rings is 1. The number of hydrogen-bond donors (Lipinski definition) is 1. The lowest BCUT2D eigenvalue weighted by molar-refractivity contribution is 0.0522. The van der Waals surface area contributed by atoms with E-state index >= 15 is 0 Å². The summed E-state index contributed by atoms with van der Waals surface area (Å²) in [7, 11) is 1.72. The molecular weight excluding hydrogens is 350 g/mol. The van der Waals surface area contributed by atoms with Crippen LogP contribution in [-0.4, -0.2) is 57.4 Å². The zero-order valence-corrected chi connectivity index (χ0v) is 16.6. The maximum absolute atomic E-state index is 6.33. The zero-order valence-electron chi connectivity index (χ0n) is 15.9. The molecule has 0 spiro atoms. The Balaban J connectivity index is 1.92. The molecule has 2 aliphatic heterocycles. The van der Waals surface area contributed by atoms with Crippen LogP contribution < -0.4 is 10.1 Å². The van der Waals surface area contributed by atoms with E-state index in [1.807, 2.05) is 18.2 Å². The van der Waals surface area contributed by atoms with Crippen LogP contribution in [0.5, 0.6) is 5.75 Å². The summed E-state index contributed by atoms with van der Waals surface area (Å²) in [6, 6.07) is 5.89. The first-order chi connectivity index (χ1) is 12.7. The number of guanidine groups is 1.